The van der Waals surface area contributed by atoms with E-state index in [9.17, 15) is 0 Å². The van der Waals surface area contributed by atoms with Gasteiger partial charge < -0.3 is 10.6 Å². The SMILES string of the molecule is CC1CN2CCCC2CN1c1cc(Cl)ccc1CCN. The van der Waals surface area contributed by atoms with Crippen LogP contribution >= 0.6 is 11.6 Å². The van der Waals surface area contributed by atoms with Crippen LogP contribution in [0.3, 0.4) is 0 Å². The first-order chi connectivity index (χ1) is 9.69. The average Bonchev–Trinajstić information content (AvgIpc) is 2.87. The minimum Gasteiger partial charge on any atom is -0.366 e. The molecule has 1 aromatic rings. The van der Waals surface area contributed by atoms with Gasteiger partial charge >= 0.3 is 0 Å². The van der Waals surface area contributed by atoms with Gasteiger partial charge in [-0.05, 0) is 57.0 Å². The zero-order chi connectivity index (χ0) is 14.1. The van der Waals surface area contributed by atoms with Crippen LogP contribution in [0.15, 0.2) is 18.2 Å². The monoisotopic (exact) mass is 293 g/mol. The second kappa shape index (κ2) is 5.92. The normalized spacial score (nSPS) is 26.9. The third-order valence-corrected chi connectivity index (χ3v) is 4.94. The van der Waals surface area contributed by atoms with Crippen LogP contribution in [0.1, 0.15) is 25.3 Å². The molecular formula is C16H24ClN3. The summed E-state index contributed by atoms with van der Waals surface area (Å²) in [5, 5.41) is 0.821. The summed E-state index contributed by atoms with van der Waals surface area (Å²) in [5.74, 6) is 0. The van der Waals surface area contributed by atoms with Crippen LogP contribution in [0.5, 0.6) is 0 Å². The van der Waals surface area contributed by atoms with Crippen molar-refractivity contribution in [3.8, 4) is 0 Å². The van der Waals surface area contributed by atoms with E-state index in [0.29, 0.717) is 12.6 Å². The van der Waals surface area contributed by atoms with Crippen LogP contribution in [-0.4, -0.2) is 43.2 Å². The van der Waals surface area contributed by atoms with E-state index >= 15 is 0 Å². The number of hydrogen-bond acceptors (Lipinski definition) is 3. The van der Waals surface area contributed by atoms with E-state index in [1.807, 2.05) is 6.07 Å². The van der Waals surface area contributed by atoms with Crippen LogP contribution in [-0.2, 0) is 6.42 Å². The molecule has 3 nitrogen and oxygen atoms in total. The van der Waals surface area contributed by atoms with E-state index in [-0.39, 0.29) is 0 Å². The molecular weight excluding hydrogens is 270 g/mol. The number of nitrogens with two attached hydrogens (primary N) is 1. The molecule has 2 atom stereocenters. The summed E-state index contributed by atoms with van der Waals surface area (Å²) < 4.78 is 0. The number of piperazine rings is 1. The van der Waals surface area contributed by atoms with Crippen molar-refractivity contribution in [1.29, 1.82) is 0 Å². The quantitative estimate of drug-likeness (QED) is 0.929. The van der Waals surface area contributed by atoms with Crippen LogP contribution in [0.4, 0.5) is 5.69 Å². The first-order valence-corrected chi connectivity index (χ1v) is 8.06. The first kappa shape index (κ1) is 14.2. The van der Waals surface area contributed by atoms with Gasteiger partial charge in [0.2, 0.25) is 0 Å². The average molecular weight is 294 g/mol. The highest BCUT2D eigenvalue weighted by atomic mass is 35.5. The lowest BCUT2D eigenvalue weighted by molar-refractivity contribution is 0.203. The highest BCUT2D eigenvalue weighted by Crippen LogP contribution is 2.32. The lowest BCUT2D eigenvalue weighted by atomic mass is 10.0. The van der Waals surface area contributed by atoms with Gasteiger partial charge in [-0.2, -0.15) is 0 Å². The third kappa shape index (κ3) is 2.67. The fourth-order valence-electron chi connectivity index (χ4n) is 3.69. The molecule has 0 saturated carbocycles. The van der Waals surface area contributed by atoms with E-state index in [0.717, 1.165) is 24.0 Å². The van der Waals surface area contributed by atoms with Crippen LogP contribution in [0.2, 0.25) is 5.02 Å². The lowest BCUT2D eigenvalue weighted by Gasteiger charge is -2.44. The Bertz CT molecular complexity index is 477. The Labute approximate surface area is 126 Å². The molecule has 110 valence electrons. The van der Waals surface area contributed by atoms with Crippen LogP contribution in [0, 0.1) is 0 Å². The van der Waals surface area contributed by atoms with Crippen molar-refractivity contribution in [3.63, 3.8) is 0 Å². The topological polar surface area (TPSA) is 32.5 Å². The standard InChI is InChI=1S/C16H24ClN3/c1-12-10-19-8-2-3-15(19)11-20(12)16-9-14(17)5-4-13(16)6-7-18/h4-5,9,12,15H,2-3,6-8,10-11,18H2,1H3. The third-order valence-electron chi connectivity index (χ3n) is 4.71. The summed E-state index contributed by atoms with van der Waals surface area (Å²) in [6, 6.07) is 7.49. The zero-order valence-corrected chi connectivity index (χ0v) is 12.9. The molecule has 3 rings (SSSR count). The molecule has 20 heavy (non-hydrogen) atoms. The number of halogens is 1. The molecule has 2 aliphatic rings. The molecule has 2 aliphatic heterocycles. The number of rotatable bonds is 3. The van der Waals surface area contributed by atoms with Gasteiger partial charge in [-0.25, -0.2) is 0 Å². The molecule has 0 amide bonds. The smallest absolute Gasteiger partial charge is 0.0426 e. The summed E-state index contributed by atoms with van der Waals surface area (Å²) in [7, 11) is 0. The summed E-state index contributed by atoms with van der Waals surface area (Å²) in [5.41, 5.74) is 8.38. The highest BCUT2D eigenvalue weighted by Gasteiger charge is 2.35. The van der Waals surface area contributed by atoms with E-state index < -0.39 is 0 Å². The van der Waals surface area contributed by atoms with Crippen molar-refractivity contribution in [2.24, 2.45) is 5.73 Å². The molecule has 4 heteroatoms. The van der Waals surface area contributed by atoms with Gasteiger partial charge in [0.05, 0.1) is 0 Å². The van der Waals surface area contributed by atoms with Gasteiger partial charge in [-0.1, -0.05) is 17.7 Å². The Morgan fingerprint density at radius 3 is 3.00 bits per heavy atom. The molecule has 2 heterocycles. The van der Waals surface area contributed by atoms with E-state index in [4.69, 9.17) is 17.3 Å². The Balaban J connectivity index is 1.89. The predicted molar refractivity (Wildman–Crippen MR) is 85.6 cm³/mol. The fourth-order valence-corrected chi connectivity index (χ4v) is 3.86. The van der Waals surface area contributed by atoms with Crippen LogP contribution in [0.25, 0.3) is 0 Å². The van der Waals surface area contributed by atoms with Crippen molar-refractivity contribution < 1.29 is 0 Å². The number of hydrogen-bond donors (Lipinski definition) is 1. The molecule has 0 bridgehead atoms. The van der Waals surface area contributed by atoms with Crippen molar-refractivity contribution in [1.82, 2.24) is 4.90 Å². The second-order valence-corrected chi connectivity index (χ2v) is 6.54. The molecule has 2 fully saturated rings. The van der Waals surface area contributed by atoms with Crippen molar-refractivity contribution in [2.45, 2.75) is 38.3 Å². The predicted octanol–water partition coefficient (Wildman–Crippen LogP) is 2.51. The summed E-state index contributed by atoms with van der Waals surface area (Å²) in [6.45, 7) is 6.57. The van der Waals surface area contributed by atoms with E-state index in [1.54, 1.807) is 0 Å². The Morgan fingerprint density at radius 2 is 2.20 bits per heavy atom. The summed E-state index contributed by atoms with van der Waals surface area (Å²) in [6.07, 6.45) is 3.59. The molecule has 1 aromatic carbocycles. The minimum atomic E-state index is 0.541. The number of anilines is 1. The Hall–Kier alpha value is -0.770. The number of fused-ring (bicyclic) bond motifs is 1. The molecule has 2 saturated heterocycles. The molecule has 2 unspecified atom stereocenters. The Morgan fingerprint density at radius 1 is 1.35 bits per heavy atom. The van der Waals surface area contributed by atoms with Gasteiger partial charge in [-0.3, -0.25) is 4.90 Å². The maximum Gasteiger partial charge on any atom is 0.0426 e. The van der Waals surface area contributed by atoms with Crippen molar-refractivity contribution in [2.75, 3.05) is 31.1 Å². The van der Waals surface area contributed by atoms with Gasteiger partial charge in [0.1, 0.15) is 0 Å². The zero-order valence-electron chi connectivity index (χ0n) is 12.2. The van der Waals surface area contributed by atoms with Crippen molar-refractivity contribution in [3.05, 3.63) is 28.8 Å². The van der Waals surface area contributed by atoms with Gasteiger partial charge in [0.25, 0.3) is 0 Å². The molecule has 0 radical (unpaired) electrons. The lowest BCUT2D eigenvalue weighted by Crippen LogP contribution is -2.55. The molecule has 2 N–H and O–H groups in total. The summed E-state index contributed by atoms with van der Waals surface area (Å²) >= 11 is 6.23. The number of benzene rings is 1. The Kier molecular flexibility index (Phi) is 4.20. The maximum absolute atomic E-state index is 6.23. The first-order valence-electron chi connectivity index (χ1n) is 7.68. The largest absolute Gasteiger partial charge is 0.366 e. The molecule has 0 aromatic heterocycles. The maximum atomic E-state index is 6.23. The van der Waals surface area contributed by atoms with Gasteiger partial charge in [0.15, 0.2) is 0 Å². The van der Waals surface area contributed by atoms with Crippen molar-refractivity contribution >= 4 is 17.3 Å². The summed E-state index contributed by atoms with van der Waals surface area (Å²) in [4.78, 5) is 5.19. The van der Waals surface area contributed by atoms with E-state index in [1.165, 1.54) is 37.2 Å². The minimum absolute atomic E-state index is 0.541. The highest BCUT2D eigenvalue weighted by molar-refractivity contribution is 6.30. The van der Waals surface area contributed by atoms with Crippen LogP contribution < -0.4 is 10.6 Å². The van der Waals surface area contributed by atoms with Gasteiger partial charge in [0, 0.05) is 35.9 Å². The second-order valence-electron chi connectivity index (χ2n) is 6.10. The van der Waals surface area contributed by atoms with E-state index in [2.05, 4.69) is 28.9 Å². The molecule has 0 spiro atoms. The van der Waals surface area contributed by atoms with Gasteiger partial charge in [-0.15, -0.1) is 0 Å². The molecule has 0 aliphatic carbocycles. The fraction of sp³-hybridized carbons (Fsp3) is 0.625. The number of nitrogens with zero attached hydrogens (tertiary/aromatic N) is 2.